The Morgan fingerprint density at radius 2 is 1.95 bits per heavy atom. The minimum atomic E-state index is -3.58. The minimum Gasteiger partial charge on any atom is -0.355 e. The number of amides is 1. The molecule has 0 radical (unpaired) electrons. The second-order valence-electron chi connectivity index (χ2n) is 5.64. The molecule has 0 bridgehead atoms. The summed E-state index contributed by atoms with van der Waals surface area (Å²) in [6.45, 7) is 2.33. The van der Waals surface area contributed by atoms with E-state index >= 15 is 0 Å². The summed E-state index contributed by atoms with van der Waals surface area (Å²) in [5, 5.41) is 2.51. The van der Waals surface area contributed by atoms with E-state index in [1.54, 1.807) is 0 Å². The van der Waals surface area contributed by atoms with Gasteiger partial charge in [-0.15, -0.1) is 0 Å². The Kier molecular flexibility index (Phi) is 5.20. The van der Waals surface area contributed by atoms with Crippen LogP contribution in [0.5, 0.6) is 0 Å². The number of piperidine rings is 1. The Morgan fingerprint density at radius 1 is 1.32 bits per heavy atom. The van der Waals surface area contributed by atoms with E-state index in [9.17, 15) is 13.2 Å². The van der Waals surface area contributed by atoms with Crippen LogP contribution in [0, 0.1) is 0 Å². The molecule has 7 heteroatoms. The number of nitrogens with zero attached hydrogens (tertiary/aromatic N) is 1. The summed E-state index contributed by atoms with van der Waals surface area (Å²) >= 11 is 0. The molecule has 1 heterocycles. The van der Waals surface area contributed by atoms with E-state index in [0.29, 0.717) is 12.1 Å². The van der Waals surface area contributed by atoms with E-state index in [4.69, 9.17) is 5.73 Å². The van der Waals surface area contributed by atoms with Gasteiger partial charge in [0.1, 0.15) is 0 Å². The number of benzene rings is 1. The predicted molar refractivity (Wildman–Crippen MR) is 85.0 cm³/mol. The Morgan fingerprint density at radius 3 is 2.50 bits per heavy atom. The number of carbonyl (C=O) groups is 1. The number of nitrogens with two attached hydrogens (primary N) is 1. The summed E-state index contributed by atoms with van der Waals surface area (Å²) in [5.74, 6) is -0.240. The molecule has 0 aromatic heterocycles. The average Bonchev–Trinajstić information content (AvgIpc) is 2.54. The van der Waals surface area contributed by atoms with Gasteiger partial charge in [-0.3, -0.25) is 4.79 Å². The lowest BCUT2D eigenvalue weighted by Crippen LogP contribution is -2.51. The van der Waals surface area contributed by atoms with Crippen LogP contribution in [0.25, 0.3) is 0 Å². The van der Waals surface area contributed by atoms with E-state index < -0.39 is 10.0 Å². The van der Waals surface area contributed by atoms with Crippen molar-refractivity contribution in [2.24, 2.45) is 5.73 Å². The molecule has 0 spiro atoms. The predicted octanol–water partition coefficient (Wildman–Crippen LogP) is 0.937. The topological polar surface area (TPSA) is 92.5 Å². The molecule has 1 amide bonds. The van der Waals surface area contributed by atoms with Crippen LogP contribution < -0.4 is 11.1 Å². The van der Waals surface area contributed by atoms with Gasteiger partial charge in [0.2, 0.25) is 10.0 Å². The summed E-state index contributed by atoms with van der Waals surface area (Å²) in [7, 11) is -2.05. The number of nitrogens with one attached hydrogen (secondary N) is 1. The summed E-state index contributed by atoms with van der Waals surface area (Å²) < 4.78 is 27.2. The zero-order valence-corrected chi connectivity index (χ0v) is 13.8. The minimum absolute atomic E-state index is 0.169. The first-order chi connectivity index (χ1) is 10.4. The van der Waals surface area contributed by atoms with E-state index in [1.165, 1.54) is 35.6 Å². The van der Waals surface area contributed by atoms with Gasteiger partial charge in [-0.25, -0.2) is 8.42 Å². The van der Waals surface area contributed by atoms with Crippen LogP contribution in [0.1, 0.15) is 36.5 Å². The van der Waals surface area contributed by atoms with Gasteiger partial charge in [0.15, 0.2) is 0 Å². The first-order valence-electron chi connectivity index (χ1n) is 7.47. The number of hydrogen-bond donors (Lipinski definition) is 2. The molecule has 1 aliphatic heterocycles. The Balaban J connectivity index is 2.30. The van der Waals surface area contributed by atoms with Crippen molar-refractivity contribution in [2.75, 3.05) is 13.6 Å². The van der Waals surface area contributed by atoms with Crippen LogP contribution in [0.3, 0.4) is 0 Å². The number of rotatable bonds is 4. The highest BCUT2D eigenvalue weighted by atomic mass is 32.2. The van der Waals surface area contributed by atoms with Crippen LogP contribution in [0.4, 0.5) is 0 Å². The first kappa shape index (κ1) is 16.9. The third-order valence-corrected chi connectivity index (χ3v) is 5.99. The lowest BCUT2D eigenvalue weighted by molar-refractivity contribution is 0.0963. The van der Waals surface area contributed by atoms with Crippen LogP contribution in [-0.2, 0) is 10.0 Å². The first-order valence-corrected chi connectivity index (χ1v) is 8.91. The molecule has 1 aliphatic rings. The van der Waals surface area contributed by atoms with E-state index in [-0.39, 0.29) is 22.9 Å². The normalized spacial score (nSPS) is 21.3. The maximum Gasteiger partial charge on any atom is 0.251 e. The third-order valence-electron chi connectivity index (χ3n) is 4.06. The van der Waals surface area contributed by atoms with Gasteiger partial charge in [-0.05, 0) is 44.0 Å². The zero-order valence-electron chi connectivity index (χ0n) is 13.0. The summed E-state index contributed by atoms with van der Waals surface area (Å²) in [5.41, 5.74) is 6.39. The van der Waals surface area contributed by atoms with Crippen molar-refractivity contribution in [1.82, 2.24) is 9.62 Å². The maximum atomic E-state index is 12.8. The number of sulfonamides is 1. The third kappa shape index (κ3) is 3.31. The van der Waals surface area contributed by atoms with E-state index in [2.05, 4.69) is 5.32 Å². The van der Waals surface area contributed by atoms with Gasteiger partial charge in [0.05, 0.1) is 4.90 Å². The molecule has 22 heavy (non-hydrogen) atoms. The fourth-order valence-electron chi connectivity index (χ4n) is 2.81. The Labute approximate surface area is 131 Å². The fraction of sp³-hybridized carbons (Fsp3) is 0.533. The highest BCUT2D eigenvalue weighted by molar-refractivity contribution is 7.89. The molecule has 6 nitrogen and oxygen atoms in total. The molecule has 1 aromatic carbocycles. The standard InChI is InChI=1S/C15H23N3O3S/c1-11(16)14-5-3-4-10-18(14)22(20,21)13-8-6-12(7-9-13)15(19)17-2/h6-9,11,14H,3-5,10,16H2,1-2H3,(H,17,19)/t11-,14-/m1/s1. The van der Waals surface area contributed by atoms with Crippen molar-refractivity contribution >= 4 is 15.9 Å². The van der Waals surface area contributed by atoms with Gasteiger partial charge in [-0.1, -0.05) is 6.42 Å². The molecule has 122 valence electrons. The zero-order chi connectivity index (χ0) is 16.3. The smallest absolute Gasteiger partial charge is 0.251 e. The van der Waals surface area contributed by atoms with Crippen molar-refractivity contribution in [2.45, 2.75) is 43.2 Å². The van der Waals surface area contributed by atoms with Gasteiger partial charge in [-0.2, -0.15) is 4.31 Å². The van der Waals surface area contributed by atoms with Crippen molar-refractivity contribution in [3.63, 3.8) is 0 Å². The van der Waals surface area contributed by atoms with Crippen LogP contribution in [-0.4, -0.2) is 44.3 Å². The fourth-order valence-corrected chi connectivity index (χ4v) is 4.59. The second kappa shape index (κ2) is 6.76. The summed E-state index contributed by atoms with van der Waals surface area (Å²) in [6.07, 6.45) is 2.62. The van der Waals surface area contributed by atoms with Crippen LogP contribution in [0.15, 0.2) is 29.2 Å². The highest BCUT2D eigenvalue weighted by Crippen LogP contribution is 2.26. The molecule has 1 aromatic rings. The maximum absolute atomic E-state index is 12.8. The van der Waals surface area contributed by atoms with Crippen molar-refractivity contribution in [3.05, 3.63) is 29.8 Å². The molecule has 0 saturated carbocycles. The number of hydrogen-bond acceptors (Lipinski definition) is 4. The van der Waals surface area contributed by atoms with Crippen LogP contribution in [0.2, 0.25) is 0 Å². The summed E-state index contributed by atoms with van der Waals surface area (Å²) in [4.78, 5) is 11.7. The molecule has 0 unspecified atom stereocenters. The van der Waals surface area contributed by atoms with Crippen molar-refractivity contribution in [3.8, 4) is 0 Å². The monoisotopic (exact) mass is 325 g/mol. The lowest BCUT2D eigenvalue weighted by Gasteiger charge is -2.36. The summed E-state index contributed by atoms with van der Waals surface area (Å²) in [6, 6.07) is 5.63. The molecule has 2 rings (SSSR count). The van der Waals surface area contributed by atoms with Gasteiger partial charge >= 0.3 is 0 Å². The molecule has 2 atom stereocenters. The van der Waals surface area contributed by atoms with Gasteiger partial charge < -0.3 is 11.1 Å². The Bertz CT molecular complexity index is 626. The molecule has 3 N–H and O–H groups in total. The highest BCUT2D eigenvalue weighted by Gasteiger charge is 2.35. The van der Waals surface area contributed by atoms with Gasteiger partial charge in [0.25, 0.3) is 5.91 Å². The number of carbonyl (C=O) groups excluding carboxylic acids is 1. The van der Waals surface area contributed by atoms with Crippen molar-refractivity contribution in [1.29, 1.82) is 0 Å². The van der Waals surface area contributed by atoms with Gasteiger partial charge in [0, 0.05) is 31.2 Å². The quantitative estimate of drug-likeness (QED) is 0.861. The lowest BCUT2D eigenvalue weighted by atomic mass is 10.00. The molecular formula is C15H23N3O3S. The largest absolute Gasteiger partial charge is 0.355 e. The SMILES string of the molecule is CNC(=O)c1ccc(S(=O)(=O)N2CCCC[C@@H]2[C@@H](C)N)cc1. The molecular weight excluding hydrogens is 302 g/mol. The molecule has 1 saturated heterocycles. The molecule has 1 fully saturated rings. The second-order valence-corrected chi connectivity index (χ2v) is 7.53. The van der Waals surface area contributed by atoms with Crippen LogP contribution >= 0.6 is 0 Å². The van der Waals surface area contributed by atoms with E-state index in [0.717, 1.165) is 19.3 Å². The average molecular weight is 325 g/mol. The molecule has 0 aliphatic carbocycles. The van der Waals surface area contributed by atoms with Crippen molar-refractivity contribution < 1.29 is 13.2 Å². The van der Waals surface area contributed by atoms with E-state index in [1.807, 2.05) is 6.92 Å². The Hall–Kier alpha value is -1.44.